The molecular formula is C28H32FN3O4S. The normalized spacial score (nSPS) is 12.0. The number of benzene rings is 3. The molecule has 0 heterocycles. The van der Waals surface area contributed by atoms with Crippen molar-refractivity contribution in [1.82, 2.24) is 10.2 Å². The number of nitrogens with zero attached hydrogens (tertiary/aromatic N) is 2. The van der Waals surface area contributed by atoms with E-state index in [0.717, 1.165) is 28.4 Å². The van der Waals surface area contributed by atoms with Gasteiger partial charge in [0.15, 0.2) is 0 Å². The standard InChI is InChI=1S/C28H32FN3O4S/c1-3-19-30-28(34)26(4-2)31(20-22-11-7-5-8-12-22)27(33)21-32(24-13-9-6-10-14-24)37(35,36)25-17-15-23(29)16-18-25/h5-18,26H,3-4,19-21H2,1-2H3,(H,30,34). The fourth-order valence-corrected chi connectivity index (χ4v) is 5.34. The van der Waals surface area contributed by atoms with Crippen molar-refractivity contribution in [2.24, 2.45) is 0 Å². The SMILES string of the molecule is CCCNC(=O)C(CC)N(Cc1ccccc1)C(=O)CN(c1ccccc1)S(=O)(=O)c1ccc(F)cc1. The molecule has 1 atom stereocenters. The van der Waals surface area contributed by atoms with Crippen LogP contribution in [0.5, 0.6) is 0 Å². The molecule has 3 rings (SSSR count). The Kier molecular flexibility index (Phi) is 9.79. The van der Waals surface area contributed by atoms with Gasteiger partial charge in [-0.15, -0.1) is 0 Å². The van der Waals surface area contributed by atoms with Crippen LogP contribution in [0.15, 0.2) is 89.8 Å². The van der Waals surface area contributed by atoms with Crippen molar-refractivity contribution in [3.63, 3.8) is 0 Å². The lowest BCUT2D eigenvalue weighted by Gasteiger charge is -2.33. The molecule has 196 valence electrons. The maximum Gasteiger partial charge on any atom is 0.264 e. The highest BCUT2D eigenvalue weighted by Gasteiger charge is 2.33. The largest absolute Gasteiger partial charge is 0.354 e. The molecule has 1 N–H and O–H groups in total. The smallest absolute Gasteiger partial charge is 0.264 e. The van der Waals surface area contributed by atoms with Crippen LogP contribution < -0.4 is 9.62 Å². The van der Waals surface area contributed by atoms with E-state index in [4.69, 9.17) is 0 Å². The maximum absolute atomic E-state index is 13.8. The van der Waals surface area contributed by atoms with Crippen molar-refractivity contribution in [1.29, 1.82) is 0 Å². The second kappa shape index (κ2) is 13.0. The first kappa shape index (κ1) is 27.9. The molecule has 0 aliphatic heterocycles. The summed E-state index contributed by atoms with van der Waals surface area (Å²) in [6.07, 6.45) is 1.09. The second-order valence-electron chi connectivity index (χ2n) is 8.52. The molecular weight excluding hydrogens is 493 g/mol. The Balaban J connectivity index is 2.01. The van der Waals surface area contributed by atoms with E-state index in [1.807, 2.05) is 44.2 Å². The van der Waals surface area contributed by atoms with E-state index in [-0.39, 0.29) is 23.0 Å². The van der Waals surface area contributed by atoms with Crippen LogP contribution in [0.2, 0.25) is 0 Å². The van der Waals surface area contributed by atoms with Gasteiger partial charge in [0.05, 0.1) is 10.6 Å². The van der Waals surface area contributed by atoms with Gasteiger partial charge in [-0.25, -0.2) is 12.8 Å². The lowest BCUT2D eigenvalue weighted by molar-refractivity contribution is -0.140. The molecule has 0 bridgehead atoms. The van der Waals surface area contributed by atoms with Crippen LogP contribution in [-0.4, -0.2) is 44.3 Å². The van der Waals surface area contributed by atoms with Gasteiger partial charge in [-0.3, -0.25) is 13.9 Å². The van der Waals surface area contributed by atoms with E-state index >= 15 is 0 Å². The average molecular weight is 526 g/mol. The van der Waals surface area contributed by atoms with Gasteiger partial charge in [-0.2, -0.15) is 0 Å². The van der Waals surface area contributed by atoms with E-state index in [1.165, 1.54) is 17.0 Å². The van der Waals surface area contributed by atoms with E-state index in [2.05, 4.69) is 5.32 Å². The first-order valence-corrected chi connectivity index (χ1v) is 13.7. The number of para-hydroxylation sites is 1. The number of sulfonamides is 1. The molecule has 2 amide bonds. The molecule has 9 heteroatoms. The Bertz CT molecular complexity index is 1270. The highest BCUT2D eigenvalue weighted by atomic mass is 32.2. The Morgan fingerprint density at radius 2 is 1.49 bits per heavy atom. The topological polar surface area (TPSA) is 86.8 Å². The minimum Gasteiger partial charge on any atom is -0.354 e. The van der Waals surface area contributed by atoms with E-state index < -0.39 is 34.3 Å². The van der Waals surface area contributed by atoms with Gasteiger partial charge in [0.1, 0.15) is 18.4 Å². The van der Waals surface area contributed by atoms with Crippen molar-refractivity contribution < 1.29 is 22.4 Å². The third kappa shape index (κ3) is 7.16. The molecule has 37 heavy (non-hydrogen) atoms. The van der Waals surface area contributed by atoms with Crippen molar-refractivity contribution in [2.45, 2.75) is 44.2 Å². The quantitative estimate of drug-likeness (QED) is 0.381. The molecule has 1 unspecified atom stereocenters. The third-order valence-corrected chi connectivity index (χ3v) is 7.64. The average Bonchev–Trinajstić information content (AvgIpc) is 2.91. The molecule has 0 radical (unpaired) electrons. The lowest BCUT2D eigenvalue weighted by Crippen LogP contribution is -2.52. The monoisotopic (exact) mass is 525 g/mol. The van der Waals surface area contributed by atoms with Crippen molar-refractivity contribution in [3.05, 3.63) is 96.3 Å². The zero-order chi connectivity index (χ0) is 26.8. The van der Waals surface area contributed by atoms with Gasteiger partial charge in [-0.05, 0) is 54.8 Å². The van der Waals surface area contributed by atoms with Crippen LogP contribution in [0, 0.1) is 5.82 Å². The fourth-order valence-electron chi connectivity index (χ4n) is 3.92. The summed E-state index contributed by atoms with van der Waals surface area (Å²) in [6.45, 7) is 3.82. The number of hydrogen-bond donors (Lipinski definition) is 1. The lowest BCUT2D eigenvalue weighted by atomic mass is 10.1. The van der Waals surface area contributed by atoms with Gasteiger partial charge in [-0.1, -0.05) is 62.4 Å². The van der Waals surface area contributed by atoms with Crippen LogP contribution in [-0.2, 0) is 26.2 Å². The van der Waals surface area contributed by atoms with Crippen LogP contribution in [0.4, 0.5) is 10.1 Å². The Morgan fingerprint density at radius 1 is 0.892 bits per heavy atom. The summed E-state index contributed by atoms with van der Waals surface area (Å²) in [5, 5.41) is 2.85. The van der Waals surface area contributed by atoms with Gasteiger partial charge in [0.2, 0.25) is 11.8 Å². The van der Waals surface area contributed by atoms with Gasteiger partial charge in [0.25, 0.3) is 10.0 Å². The molecule has 0 spiro atoms. The highest BCUT2D eigenvalue weighted by Crippen LogP contribution is 2.25. The van der Waals surface area contributed by atoms with Crippen molar-refractivity contribution >= 4 is 27.5 Å². The molecule has 0 saturated heterocycles. The molecule has 0 saturated carbocycles. The number of carbonyl (C=O) groups is 2. The summed E-state index contributed by atoms with van der Waals surface area (Å²) in [5.74, 6) is -1.39. The zero-order valence-electron chi connectivity index (χ0n) is 21.0. The van der Waals surface area contributed by atoms with Crippen LogP contribution in [0.25, 0.3) is 0 Å². The summed E-state index contributed by atoms with van der Waals surface area (Å²) >= 11 is 0. The molecule has 3 aromatic carbocycles. The Labute approximate surface area is 218 Å². The molecule has 0 aromatic heterocycles. The van der Waals surface area contributed by atoms with E-state index in [0.29, 0.717) is 13.0 Å². The number of anilines is 1. The molecule has 7 nitrogen and oxygen atoms in total. The minimum atomic E-state index is -4.22. The maximum atomic E-state index is 13.8. The summed E-state index contributed by atoms with van der Waals surface area (Å²) in [6, 6.07) is 21.1. The van der Waals surface area contributed by atoms with Gasteiger partial charge >= 0.3 is 0 Å². The molecule has 0 aliphatic carbocycles. The predicted octanol–water partition coefficient (Wildman–Crippen LogP) is 4.35. The zero-order valence-corrected chi connectivity index (χ0v) is 21.8. The van der Waals surface area contributed by atoms with Crippen molar-refractivity contribution in [3.8, 4) is 0 Å². The first-order valence-electron chi connectivity index (χ1n) is 12.2. The van der Waals surface area contributed by atoms with Crippen LogP contribution >= 0.6 is 0 Å². The number of halogens is 1. The summed E-state index contributed by atoms with van der Waals surface area (Å²) in [5.41, 5.74) is 1.09. The number of carbonyl (C=O) groups excluding carboxylic acids is 2. The fraction of sp³-hybridized carbons (Fsp3) is 0.286. The first-order chi connectivity index (χ1) is 17.8. The predicted molar refractivity (Wildman–Crippen MR) is 142 cm³/mol. The second-order valence-corrected chi connectivity index (χ2v) is 10.4. The third-order valence-electron chi connectivity index (χ3n) is 5.86. The number of nitrogens with one attached hydrogen (secondary N) is 1. The Morgan fingerprint density at radius 3 is 2.05 bits per heavy atom. The molecule has 0 aliphatic rings. The summed E-state index contributed by atoms with van der Waals surface area (Å²) in [7, 11) is -4.22. The molecule has 3 aromatic rings. The number of rotatable bonds is 12. The van der Waals surface area contributed by atoms with E-state index in [1.54, 1.807) is 30.3 Å². The highest BCUT2D eigenvalue weighted by molar-refractivity contribution is 7.92. The van der Waals surface area contributed by atoms with Gasteiger partial charge < -0.3 is 10.2 Å². The van der Waals surface area contributed by atoms with Crippen LogP contribution in [0.3, 0.4) is 0 Å². The summed E-state index contributed by atoms with van der Waals surface area (Å²) in [4.78, 5) is 28.1. The van der Waals surface area contributed by atoms with Crippen LogP contribution in [0.1, 0.15) is 32.3 Å². The number of hydrogen-bond acceptors (Lipinski definition) is 4. The summed E-state index contributed by atoms with van der Waals surface area (Å²) < 4.78 is 41.8. The van der Waals surface area contributed by atoms with Crippen molar-refractivity contribution in [2.75, 3.05) is 17.4 Å². The van der Waals surface area contributed by atoms with E-state index in [9.17, 15) is 22.4 Å². The molecule has 0 fully saturated rings. The number of amides is 2. The minimum absolute atomic E-state index is 0.136. The van der Waals surface area contributed by atoms with Gasteiger partial charge in [0, 0.05) is 13.1 Å². The Hall–Kier alpha value is -3.72.